The van der Waals surface area contributed by atoms with Gasteiger partial charge in [-0.15, -0.1) is 0 Å². The molecule has 1 saturated heterocycles. The zero-order valence-corrected chi connectivity index (χ0v) is 13.0. The third-order valence-electron chi connectivity index (χ3n) is 4.43. The Morgan fingerprint density at radius 2 is 1.77 bits per heavy atom. The van der Waals surface area contributed by atoms with Crippen LogP contribution in [0.4, 0.5) is 0 Å². The first kappa shape index (κ1) is 14.8. The van der Waals surface area contributed by atoms with Gasteiger partial charge in [-0.2, -0.15) is 10.2 Å². The number of ketones is 2. The Morgan fingerprint density at radius 3 is 2.41 bits per heavy atom. The summed E-state index contributed by atoms with van der Waals surface area (Å²) in [5.74, 6) is -0.406. The van der Waals surface area contributed by atoms with Crippen LogP contribution in [-0.4, -0.2) is 44.7 Å². The molecule has 1 fully saturated rings. The summed E-state index contributed by atoms with van der Waals surface area (Å²) in [6.45, 7) is 5.53. The first-order valence-electron chi connectivity index (χ1n) is 7.54. The molecule has 2 unspecified atom stereocenters. The lowest BCUT2D eigenvalue weighted by Crippen LogP contribution is -2.60. The molecule has 2 aliphatic rings. The monoisotopic (exact) mass is 301 g/mol. The molecule has 22 heavy (non-hydrogen) atoms. The molecule has 3 heterocycles. The Labute approximate surface area is 128 Å². The van der Waals surface area contributed by atoms with Crippen LogP contribution in [0, 0.1) is 5.41 Å². The lowest BCUT2D eigenvalue weighted by molar-refractivity contribution is -0.132. The molecule has 0 aromatic carbocycles. The Hall–Kier alpha value is -2.11. The first-order valence-corrected chi connectivity index (χ1v) is 7.54. The van der Waals surface area contributed by atoms with Crippen LogP contribution in [-0.2, 0) is 4.79 Å². The molecular weight excluding hydrogens is 282 g/mol. The molecular formula is C16H19N3O3. The fourth-order valence-corrected chi connectivity index (χ4v) is 3.30. The van der Waals surface area contributed by atoms with Gasteiger partial charge < -0.3 is 4.90 Å². The molecule has 0 spiro atoms. The van der Waals surface area contributed by atoms with Crippen LogP contribution in [0.2, 0.25) is 0 Å². The summed E-state index contributed by atoms with van der Waals surface area (Å²) in [5.41, 5.74) is 0.0297. The number of hydrogen-bond acceptors (Lipinski definition) is 5. The van der Waals surface area contributed by atoms with Crippen molar-refractivity contribution < 1.29 is 14.4 Å². The zero-order chi connectivity index (χ0) is 16.1. The summed E-state index contributed by atoms with van der Waals surface area (Å²) in [5, 5.41) is 7.41. The number of Topliss-reactive ketones (excluding diaryl/α,β-unsaturated/α-hetero) is 2. The van der Waals surface area contributed by atoms with E-state index < -0.39 is 17.5 Å². The highest BCUT2D eigenvalue weighted by Gasteiger charge is 2.48. The smallest absolute Gasteiger partial charge is 0.257 e. The lowest BCUT2D eigenvalue weighted by Gasteiger charge is -2.44. The van der Waals surface area contributed by atoms with Crippen molar-refractivity contribution in [2.24, 2.45) is 5.41 Å². The third kappa shape index (κ3) is 2.14. The minimum absolute atomic E-state index is 0.00353. The number of carbonyl (C=O) groups is 3. The maximum Gasteiger partial charge on any atom is 0.257 e. The van der Waals surface area contributed by atoms with Crippen LogP contribution >= 0.6 is 0 Å². The van der Waals surface area contributed by atoms with Gasteiger partial charge in [-0.1, -0.05) is 20.8 Å². The fourth-order valence-electron chi connectivity index (χ4n) is 3.30. The van der Waals surface area contributed by atoms with Gasteiger partial charge >= 0.3 is 0 Å². The van der Waals surface area contributed by atoms with Crippen molar-refractivity contribution in [3.05, 3.63) is 23.5 Å². The van der Waals surface area contributed by atoms with Crippen molar-refractivity contribution in [2.45, 2.75) is 52.1 Å². The Morgan fingerprint density at radius 1 is 1.14 bits per heavy atom. The van der Waals surface area contributed by atoms with Gasteiger partial charge in [0.2, 0.25) is 0 Å². The maximum absolute atomic E-state index is 12.8. The van der Waals surface area contributed by atoms with Gasteiger partial charge in [0.1, 0.15) is 0 Å². The van der Waals surface area contributed by atoms with Crippen LogP contribution in [0.1, 0.15) is 60.7 Å². The summed E-state index contributed by atoms with van der Waals surface area (Å²) in [7, 11) is 0. The van der Waals surface area contributed by atoms with E-state index in [1.165, 1.54) is 17.3 Å². The topological polar surface area (TPSA) is 80.2 Å². The molecule has 2 aliphatic heterocycles. The van der Waals surface area contributed by atoms with Gasteiger partial charge in [0.05, 0.1) is 35.6 Å². The molecule has 2 atom stereocenters. The van der Waals surface area contributed by atoms with Crippen molar-refractivity contribution >= 4 is 17.5 Å². The first-order chi connectivity index (χ1) is 10.3. The lowest BCUT2D eigenvalue weighted by atomic mass is 9.78. The van der Waals surface area contributed by atoms with Gasteiger partial charge in [0.15, 0.2) is 11.6 Å². The Kier molecular flexibility index (Phi) is 3.34. The summed E-state index contributed by atoms with van der Waals surface area (Å²) in [4.78, 5) is 39.6. The number of amides is 1. The largest absolute Gasteiger partial charge is 0.318 e. The van der Waals surface area contributed by atoms with Crippen LogP contribution in [0.15, 0.2) is 12.4 Å². The molecule has 3 rings (SSSR count). The standard InChI is InChI=1S/C16H19N3O3/c1-16(2,3)14(21)12-6-4-5-11-13(20)9-7-17-18-8-10(9)15(22)19(11)12/h7-8,11-12H,4-6H2,1-3H3. The zero-order valence-electron chi connectivity index (χ0n) is 13.0. The summed E-state index contributed by atoms with van der Waals surface area (Å²) >= 11 is 0. The van der Waals surface area contributed by atoms with Gasteiger partial charge in [0.25, 0.3) is 5.91 Å². The van der Waals surface area contributed by atoms with E-state index in [2.05, 4.69) is 10.2 Å². The molecule has 0 saturated carbocycles. The SMILES string of the molecule is CC(C)(C)C(=O)C1CCCC2C(=O)c3cnncc3C(=O)N21. The molecule has 0 radical (unpaired) electrons. The highest BCUT2D eigenvalue weighted by atomic mass is 16.2. The number of nitrogens with zero attached hydrogens (tertiary/aromatic N) is 3. The van der Waals surface area contributed by atoms with Crippen LogP contribution in [0.5, 0.6) is 0 Å². The van der Waals surface area contributed by atoms with Gasteiger partial charge in [-0.3, -0.25) is 14.4 Å². The average Bonchev–Trinajstić information content (AvgIpc) is 2.50. The number of carbonyl (C=O) groups excluding carboxylic acids is 3. The highest BCUT2D eigenvalue weighted by Crippen LogP contribution is 2.35. The molecule has 1 aromatic heterocycles. The summed E-state index contributed by atoms with van der Waals surface area (Å²) < 4.78 is 0. The van der Waals surface area contributed by atoms with E-state index in [0.717, 1.165) is 6.42 Å². The van der Waals surface area contributed by atoms with Crippen LogP contribution < -0.4 is 0 Å². The molecule has 6 nitrogen and oxygen atoms in total. The Balaban J connectivity index is 2.06. The number of fused-ring (bicyclic) bond motifs is 2. The van der Waals surface area contributed by atoms with Gasteiger partial charge in [-0.05, 0) is 19.3 Å². The number of piperidine rings is 1. The van der Waals surface area contributed by atoms with Gasteiger partial charge in [0, 0.05) is 5.41 Å². The Bertz CT molecular complexity index is 663. The molecule has 1 amide bonds. The maximum atomic E-state index is 12.8. The number of hydrogen-bond donors (Lipinski definition) is 0. The molecule has 0 N–H and O–H groups in total. The molecule has 1 aromatic rings. The second kappa shape index (κ2) is 4.97. The van der Waals surface area contributed by atoms with Crippen molar-refractivity contribution in [3.63, 3.8) is 0 Å². The molecule has 6 heteroatoms. The van der Waals surface area contributed by atoms with E-state index in [9.17, 15) is 14.4 Å². The predicted octanol–water partition coefficient (Wildman–Crippen LogP) is 1.65. The van der Waals surface area contributed by atoms with Crippen LogP contribution in [0.25, 0.3) is 0 Å². The predicted molar refractivity (Wildman–Crippen MR) is 78.4 cm³/mol. The highest BCUT2D eigenvalue weighted by molar-refractivity contribution is 6.16. The summed E-state index contributed by atoms with van der Waals surface area (Å²) in [6, 6.07) is -1.08. The third-order valence-corrected chi connectivity index (χ3v) is 4.43. The molecule has 0 aliphatic carbocycles. The average molecular weight is 301 g/mol. The quantitative estimate of drug-likeness (QED) is 0.788. The van der Waals surface area contributed by atoms with Crippen molar-refractivity contribution in [2.75, 3.05) is 0 Å². The fraction of sp³-hybridized carbons (Fsp3) is 0.562. The van der Waals surface area contributed by atoms with Crippen molar-refractivity contribution in [1.82, 2.24) is 15.1 Å². The van der Waals surface area contributed by atoms with Crippen molar-refractivity contribution in [1.29, 1.82) is 0 Å². The minimum atomic E-state index is -0.549. The molecule has 0 bridgehead atoms. The number of aromatic nitrogens is 2. The van der Waals surface area contributed by atoms with E-state index in [1.807, 2.05) is 20.8 Å². The van der Waals surface area contributed by atoms with Gasteiger partial charge in [-0.25, -0.2) is 0 Å². The van der Waals surface area contributed by atoms with E-state index in [4.69, 9.17) is 0 Å². The minimum Gasteiger partial charge on any atom is -0.318 e. The second-order valence-corrected chi connectivity index (χ2v) is 6.97. The van der Waals surface area contributed by atoms with E-state index in [-0.39, 0.29) is 23.0 Å². The van der Waals surface area contributed by atoms with E-state index in [0.29, 0.717) is 18.4 Å². The second-order valence-electron chi connectivity index (χ2n) is 6.97. The van der Waals surface area contributed by atoms with E-state index >= 15 is 0 Å². The number of rotatable bonds is 1. The van der Waals surface area contributed by atoms with Crippen molar-refractivity contribution in [3.8, 4) is 0 Å². The van der Waals surface area contributed by atoms with Crippen LogP contribution in [0.3, 0.4) is 0 Å². The molecule has 116 valence electrons. The normalized spacial score (nSPS) is 24.8. The summed E-state index contributed by atoms with van der Waals surface area (Å²) in [6.07, 6.45) is 4.64. The van der Waals surface area contributed by atoms with E-state index in [1.54, 1.807) is 0 Å².